The maximum Gasteiger partial charge on any atom is 0.333 e. The van der Waals surface area contributed by atoms with Gasteiger partial charge in [0.15, 0.2) is 0 Å². The van der Waals surface area contributed by atoms with Crippen molar-refractivity contribution in [3.05, 3.63) is 77.9 Å². The van der Waals surface area contributed by atoms with Crippen molar-refractivity contribution in [3.63, 3.8) is 0 Å². The fourth-order valence-electron chi connectivity index (χ4n) is 2.78. The molecule has 0 aliphatic heterocycles. The first-order valence-electron chi connectivity index (χ1n) is 12.1. The molecular weight excluding hydrogens is 495 g/mol. The number of aldehydes is 1. The lowest BCUT2D eigenvalue weighted by atomic mass is 10.2. The van der Waals surface area contributed by atoms with Crippen molar-refractivity contribution in [1.82, 2.24) is 0 Å². The van der Waals surface area contributed by atoms with E-state index >= 15 is 0 Å². The summed E-state index contributed by atoms with van der Waals surface area (Å²) in [6.07, 6.45) is 7.49. The third kappa shape index (κ3) is 15.2. The molecule has 206 valence electrons. The number of carbonyl (C=O) groups excluding carboxylic acids is 3. The molecule has 0 heterocycles. The van der Waals surface area contributed by atoms with Crippen LogP contribution in [0, 0.1) is 0 Å². The summed E-state index contributed by atoms with van der Waals surface area (Å²) >= 11 is 0. The van der Waals surface area contributed by atoms with E-state index in [2.05, 4.69) is 16.3 Å². The average molecular weight is 531 g/mol. The summed E-state index contributed by atoms with van der Waals surface area (Å²) in [6, 6.07) is 14.2. The highest BCUT2D eigenvalue weighted by molar-refractivity contribution is 5.87. The molecule has 0 amide bonds. The number of hydrogen-bond donors (Lipinski definition) is 0. The van der Waals surface area contributed by atoms with Gasteiger partial charge < -0.3 is 18.9 Å². The summed E-state index contributed by atoms with van der Waals surface area (Å²) < 4.78 is 31.4. The third-order valence-electron chi connectivity index (χ3n) is 4.84. The molecule has 2 aromatic rings. The minimum Gasteiger partial charge on any atom is -0.497 e. The van der Waals surface area contributed by atoms with Gasteiger partial charge in [0.05, 0.1) is 20.3 Å². The normalized spacial score (nSPS) is 10.2. The molecule has 0 fully saturated rings. The Morgan fingerprint density at radius 1 is 0.816 bits per heavy atom. The molecule has 0 spiro atoms. The molecule has 0 aliphatic carbocycles. The zero-order valence-electron chi connectivity index (χ0n) is 21.9. The third-order valence-corrected chi connectivity index (χ3v) is 4.84. The van der Waals surface area contributed by atoms with Crippen LogP contribution in [0.3, 0.4) is 0 Å². The lowest BCUT2D eigenvalue weighted by Crippen LogP contribution is -2.06. The van der Waals surface area contributed by atoms with Crippen molar-refractivity contribution in [1.29, 1.82) is 0 Å². The number of halogens is 1. The highest BCUT2D eigenvalue weighted by Crippen LogP contribution is 2.13. The number of unbranched alkanes of at least 4 members (excludes halogenated alkanes) is 3. The van der Waals surface area contributed by atoms with Gasteiger partial charge in [-0.1, -0.05) is 18.7 Å². The summed E-state index contributed by atoms with van der Waals surface area (Å²) in [5.74, 6) is 0.649. The topological polar surface area (TPSA) is 97.4 Å². The first-order valence-corrected chi connectivity index (χ1v) is 12.1. The van der Waals surface area contributed by atoms with Gasteiger partial charge in [-0.3, -0.25) is 4.79 Å². The lowest BCUT2D eigenvalue weighted by Gasteiger charge is -2.06. The largest absolute Gasteiger partial charge is 0.497 e. The molecule has 38 heavy (non-hydrogen) atoms. The van der Waals surface area contributed by atoms with Crippen LogP contribution in [0.4, 0.5) is 4.53 Å². The van der Waals surface area contributed by atoms with E-state index in [1.807, 2.05) is 0 Å². The van der Waals surface area contributed by atoms with Gasteiger partial charge in [0, 0.05) is 17.2 Å². The monoisotopic (exact) mass is 530 g/mol. The van der Waals surface area contributed by atoms with E-state index in [0.29, 0.717) is 24.4 Å². The molecule has 0 bridgehead atoms. The zero-order chi connectivity index (χ0) is 28.0. The highest BCUT2D eigenvalue weighted by atomic mass is 19.3. The molecule has 0 saturated heterocycles. The van der Waals surface area contributed by atoms with E-state index in [0.717, 1.165) is 49.0 Å². The van der Waals surface area contributed by atoms with E-state index in [-0.39, 0.29) is 19.2 Å². The van der Waals surface area contributed by atoms with E-state index in [4.69, 9.17) is 14.2 Å². The first-order chi connectivity index (χ1) is 18.4. The Balaban J connectivity index is 0.000000389. The molecule has 2 aromatic carbocycles. The van der Waals surface area contributed by atoms with Crippen LogP contribution in [0.1, 0.15) is 48.5 Å². The second-order valence-electron chi connectivity index (χ2n) is 7.95. The number of esters is 2. The van der Waals surface area contributed by atoms with Gasteiger partial charge >= 0.3 is 11.9 Å². The molecule has 2 rings (SSSR count). The lowest BCUT2D eigenvalue weighted by molar-refractivity contribution is -0.158. The molecule has 0 unspecified atom stereocenters. The van der Waals surface area contributed by atoms with Crippen LogP contribution < -0.4 is 9.47 Å². The number of rotatable bonds is 16. The van der Waals surface area contributed by atoms with Gasteiger partial charge in [-0.25, -0.2) is 9.59 Å². The summed E-state index contributed by atoms with van der Waals surface area (Å²) in [5.41, 5.74) is 1.92. The van der Waals surface area contributed by atoms with Gasteiger partial charge in [0.25, 0.3) is 0 Å². The number of benzene rings is 2. The van der Waals surface area contributed by atoms with Crippen molar-refractivity contribution in [2.75, 3.05) is 33.5 Å². The summed E-state index contributed by atoms with van der Waals surface area (Å²) in [4.78, 5) is 36.0. The molecule has 0 aromatic heterocycles. The number of ether oxygens (including phenoxy) is 4. The van der Waals surface area contributed by atoms with Crippen molar-refractivity contribution in [3.8, 4) is 11.5 Å². The molecule has 0 aliphatic rings. The van der Waals surface area contributed by atoms with Crippen LogP contribution in [0.15, 0.2) is 66.8 Å². The standard InChI is InChI=1S/C17H22O4.C12H13FO4/c1-14(2)17(19)21-12-6-4-3-5-11-20-16-9-7-15(13-18)8-10-16;1-15-11-5-2-10(3-6-11)4-7-12(14)16-8-9-17-13/h7-10,13H,1,3-6,11-12H2,2H3;2-7H,8-9H2,1H3/b;7-4+. The highest BCUT2D eigenvalue weighted by Gasteiger charge is 2.02. The number of hydrogen-bond acceptors (Lipinski definition) is 8. The van der Waals surface area contributed by atoms with E-state index in [9.17, 15) is 18.9 Å². The fraction of sp³-hybridized carbons (Fsp3) is 0.345. The number of methoxy groups -OCH3 is 1. The predicted octanol–water partition coefficient (Wildman–Crippen LogP) is 5.71. The Morgan fingerprint density at radius 3 is 2.00 bits per heavy atom. The Bertz CT molecular complexity index is 1000. The van der Waals surface area contributed by atoms with Crippen molar-refractivity contribution in [2.45, 2.75) is 32.6 Å². The van der Waals surface area contributed by atoms with E-state index < -0.39 is 5.97 Å². The van der Waals surface area contributed by atoms with Gasteiger partial charge in [0.1, 0.15) is 31.0 Å². The molecule has 0 radical (unpaired) electrons. The Kier molecular flexibility index (Phi) is 17.0. The maximum absolute atomic E-state index is 11.2. The quantitative estimate of drug-likeness (QED) is 0.118. The molecule has 9 heteroatoms. The van der Waals surface area contributed by atoms with E-state index in [1.165, 1.54) is 6.08 Å². The average Bonchev–Trinajstić information content (AvgIpc) is 2.94. The van der Waals surface area contributed by atoms with Gasteiger partial charge in [-0.2, -0.15) is 4.94 Å². The molecular formula is C29H35FO8. The van der Waals surface area contributed by atoms with Crippen molar-refractivity contribution >= 4 is 24.3 Å². The summed E-state index contributed by atoms with van der Waals surface area (Å²) in [5, 5.41) is 0. The molecule has 0 atom stereocenters. The predicted molar refractivity (Wildman–Crippen MR) is 142 cm³/mol. The SMILES string of the molecule is C=C(C)C(=O)OCCCCCCOc1ccc(C=O)cc1.COc1ccc(/C=C/C(=O)OCCOF)cc1. The van der Waals surface area contributed by atoms with Crippen LogP contribution in [0.25, 0.3) is 6.08 Å². The first kappa shape index (κ1) is 32.0. The minimum absolute atomic E-state index is 0.109. The molecule has 8 nitrogen and oxygen atoms in total. The van der Waals surface area contributed by atoms with Gasteiger partial charge in [0.2, 0.25) is 0 Å². The van der Waals surface area contributed by atoms with Crippen LogP contribution >= 0.6 is 0 Å². The Morgan fingerprint density at radius 2 is 1.42 bits per heavy atom. The van der Waals surface area contributed by atoms with Crippen LogP contribution in [-0.2, 0) is 24.0 Å². The van der Waals surface area contributed by atoms with Crippen LogP contribution in [0.5, 0.6) is 11.5 Å². The minimum atomic E-state index is -0.544. The van der Waals surface area contributed by atoms with Gasteiger partial charge in [-0.05, 0) is 85.2 Å². The van der Waals surface area contributed by atoms with Crippen LogP contribution in [-0.4, -0.2) is 51.8 Å². The molecule has 0 N–H and O–H groups in total. The Labute approximate surface area is 222 Å². The van der Waals surface area contributed by atoms with Crippen molar-refractivity contribution < 1.29 is 42.8 Å². The second-order valence-corrected chi connectivity index (χ2v) is 7.95. The van der Waals surface area contributed by atoms with E-state index in [1.54, 1.807) is 68.6 Å². The van der Waals surface area contributed by atoms with Crippen molar-refractivity contribution in [2.24, 2.45) is 0 Å². The van der Waals surface area contributed by atoms with Crippen LogP contribution in [0.2, 0.25) is 0 Å². The number of carbonyl (C=O) groups is 3. The maximum atomic E-state index is 11.2. The second kappa shape index (κ2) is 20.1. The smallest absolute Gasteiger partial charge is 0.333 e. The summed E-state index contributed by atoms with van der Waals surface area (Å²) in [7, 11) is 1.58. The summed E-state index contributed by atoms with van der Waals surface area (Å²) in [6.45, 7) is 5.88. The fourth-order valence-corrected chi connectivity index (χ4v) is 2.78. The Hall–Kier alpha value is -3.98. The zero-order valence-corrected chi connectivity index (χ0v) is 21.9. The van der Waals surface area contributed by atoms with Gasteiger partial charge in [-0.15, -0.1) is 0 Å². The molecule has 0 saturated carbocycles.